The van der Waals surface area contributed by atoms with E-state index in [2.05, 4.69) is 15.4 Å². The van der Waals surface area contributed by atoms with Gasteiger partial charge in [0.2, 0.25) is 11.9 Å². The minimum atomic E-state index is -0.324. The number of carbonyl (C=O) groups excluding carboxylic acids is 1. The highest BCUT2D eigenvalue weighted by Crippen LogP contribution is 2.29. The van der Waals surface area contributed by atoms with Crippen LogP contribution in [0.3, 0.4) is 0 Å². The van der Waals surface area contributed by atoms with Gasteiger partial charge in [0.1, 0.15) is 12.4 Å². The number of nitrogens with one attached hydrogen (secondary N) is 1. The maximum Gasteiger partial charge on any atom is 0.352 e. The van der Waals surface area contributed by atoms with Crippen molar-refractivity contribution in [2.24, 2.45) is 4.99 Å². The van der Waals surface area contributed by atoms with Crippen LogP contribution >= 0.6 is 11.3 Å². The number of aromatic nitrogens is 3. The molecule has 3 aromatic rings. The lowest BCUT2D eigenvalue weighted by Crippen LogP contribution is -2.37. The maximum absolute atomic E-state index is 13.0. The van der Waals surface area contributed by atoms with Gasteiger partial charge in [-0.15, -0.1) is 16.4 Å². The first kappa shape index (κ1) is 16.0. The largest absolute Gasteiger partial charge is 0.352 e. The Kier molecular flexibility index (Phi) is 3.68. The Morgan fingerprint density at radius 2 is 2.11 bits per heavy atom. The molecule has 5 rings (SSSR count). The number of benzene rings is 1. The lowest BCUT2D eigenvalue weighted by molar-refractivity contribution is -0.122. The number of hydrogen-bond acceptors (Lipinski definition) is 6. The highest BCUT2D eigenvalue weighted by atomic mass is 32.1. The van der Waals surface area contributed by atoms with Crippen molar-refractivity contribution in [1.29, 1.82) is 0 Å². The standard InChI is InChI=1S/C18H16N6O2S/c25-15(20-10-12-4-3-9-27-12)11-23-18(26)24-14-6-2-1-5-13(14)16-19-7-8-22(16)17(24)21-23/h1-6,9H,7-8,10-11H2,(H,20,25). The van der Waals surface area contributed by atoms with Crippen LogP contribution in [0.2, 0.25) is 0 Å². The molecule has 0 bridgehead atoms. The van der Waals surface area contributed by atoms with Crippen LogP contribution in [0.4, 0.5) is 5.95 Å². The Morgan fingerprint density at radius 3 is 2.96 bits per heavy atom. The third kappa shape index (κ3) is 2.58. The number of thiophene rings is 1. The minimum absolute atomic E-state index is 0.118. The van der Waals surface area contributed by atoms with Crippen LogP contribution in [0, 0.1) is 0 Å². The number of rotatable bonds is 4. The van der Waals surface area contributed by atoms with Gasteiger partial charge >= 0.3 is 5.69 Å². The molecule has 0 atom stereocenters. The number of para-hydroxylation sites is 1. The molecule has 8 nitrogen and oxygen atoms in total. The van der Waals surface area contributed by atoms with Gasteiger partial charge in [-0.05, 0) is 23.6 Å². The monoisotopic (exact) mass is 380 g/mol. The lowest BCUT2D eigenvalue weighted by Gasteiger charge is -2.26. The highest BCUT2D eigenvalue weighted by Gasteiger charge is 2.34. The summed E-state index contributed by atoms with van der Waals surface area (Å²) in [6.45, 7) is 1.66. The molecule has 0 unspecified atom stereocenters. The number of fused-ring (bicyclic) bond motifs is 6. The summed E-state index contributed by atoms with van der Waals surface area (Å²) in [5, 5.41) is 9.22. The van der Waals surface area contributed by atoms with E-state index in [0.29, 0.717) is 25.6 Å². The first-order chi connectivity index (χ1) is 13.2. The van der Waals surface area contributed by atoms with Gasteiger partial charge in [-0.1, -0.05) is 18.2 Å². The van der Waals surface area contributed by atoms with Crippen molar-refractivity contribution in [3.8, 4) is 5.69 Å². The molecule has 0 radical (unpaired) electrons. The molecule has 1 N–H and O–H groups in total. The quantitative estimate of drug-likeness (QED) is 0.732. The molecule has 0 aliphatic carbocycles. The van der Waals surface area contributed by atoms with E-state index in [1.807, 2.05) is 46.7 Å². The molecule has 4 heterocycles. The van der Waals surface area contributed by atoms with Crippen LogP contribution in [0.1, 0.15) is 10.4 Å². The average molecular weight is 380 g/mol. The maximum atomic E-state index is 13.0. The number of carbonyl (C=O) groups is 1. The van der Waals surface area contributed by atoms with Crippen molar-refractivity contribution in [2.45, 2.75) is 13.1 Å². The van der Waals surface area contributed by atoms with Gasteiger partial charge in [0.15, 0.2) is 0 Å². The molecule has 2 aliphatic rings. The van der Waals surface area contributed by atoms with Crippen molar-refractivity contribution < 1.29 is 4.79 Å². The second-order valence-corrected chi connectivity index (χ2v) is 7.34. The molecule has 0 saturated carbocycles. The van der Waals surface area contributed by atoms with Gasteiger partial charge < -0.3 is 5.32 Å². The fraction of sp³-hybridized carbons (Fsp3) is 0.222. The van der Waals surface area contributed by atoms with E-state index in [1.165, 1.54) is 4.68 Å². The van der Waals surface area contributed by atoms with Crippen LogP contribution in [0.15, 0.2) is 51.6 Å². The Hall–Kier alpha value is -3.20. The summed E-state index contributed by atoms with van der Waals surface area (Å²) in [5.41, 5.74) is 1.33. The van der Waals surface area contributed by atoms with Crippen molar-refractivity contribution in [3.63, 3.8) is 0 Å². The normalized spacial score (nSPS) is 14.4. The summed E-state index contributed by atoms with van der Waals surface area (Å²) in [6.07, 6.45) is 0. The molecule has 27 heavy (non-hydrogen) atoms. The zero-order valence-electron chi connectivity index (χ0n) is 14.3. The highest BCUT2D eigenvalue weighted by molar-refractivity contribution is 7.09. The molecule has 9 heteroatoms. The summed E-state index contributed by atoms with van der Waals surface area (Å²) in [7, 11) is 0. The molecule has 1 amide bonds. The summed E-state index contributed by atoms with van der Waals surface area (Å²) >= 11 is 1.58. The smallest absolute Gasteiger partial charge is 0.350 e. The number of nitrogens with zero attached hydrogens (tertiary/aromatic N) is 5. The fourth-order valence-corrected chi connectivity index (χ4v) is 4.05. The van der Waals surface area contributed by atoms with Gasteiger partial charge in [-0.25, -0.2) is 14.0 Å². The van der Waals surface area contributed by atoms with Crippen LogP contribution in [0.25, 0.3) is 5.69 Å². The number of hydrogen-bond donors (Lipinski definition) is 1. The molecule has 0 saturated heterocycles. The van der Waals surface area contributed by atoms with Crippen LogP contribution < -0.4 is 15.9 Å². The Morgan fingerprint density at radius 1 is 1.22 bits per heavy atom. The number of amides is 1. The third-order valence-electron chi connectivity index (χ3n) is 4.62. The van der Waals surface area contributed by atoms with Gasteiger partial charge in [-0.2, -0.15) is 0 Å². The van der Waals surface area contributed by atoms with E-state index in [4.69, 9.17) is 0 Å². The van der Waals surface area contributed by atoms with Crippen LogP contribution in [-0.2, 0) is 17.9 Å². The molecule has 1 aromatic carbocycles. The predicted molar refractivity (Wildman–Crippen MR) is 103 cm³/mol. The number of amidine groups is 1. The molecule has 136 valence electrons. The van der Waals surface area contributed by atoms with Gasteiger partial charge in [0.05, 0.1) is 18.8 Å². The second kappa shape index (κ2) is 6.20. The SMILES string of the molecule is O=C(Cn1nc2n(c1=O)-c1ccccc1C1=NCCN12)NCc1cccs1. The molecular formula is C18H16N6O2S. The fourth-order valence-electron chi connectivity index (χ4n) is 3.41. The van der Waals surface area contributed by atoms with Crippen molar-refractivity contribution in [2.75, 3.05) is 18.0 Å². The zero-order chi connectivity index (χ0) is 18.4. The molecule has 0 fully saturated rings. The van der Waals surface area contributed by atoms with E-state index < -0.39 is 0 Å². The second-order valence-electron chi connectivity index (χ2n) is 6.31. The lowest BCUT2D eigenvalue weighted by atomic mass is 10.1. The third-order valence-corrected chi connectivity index (χ3v) is 5.50. The first-order valence-corrected chi connectivity index (χ1v) is 9.51. The van der Waals surface area contributed by atoms with Gasteiger partial charge in [0.25, 0.3) is 0 Å². The summed E-state index contributed by atoms with van der Waals surface area (Å²) in [6, 6.07) is 11.5. The number of anilines is 1. The van der Waals surface area contributed by atoms with Crippen LogP contribution in [0.5, 0.6) is 0 Å². The van der Waals surface area contributed by atoms with Crippen molar-refractivity contribution >= 4 is 29.0 Å². The van der Waals surface area contributed by atoms with Gasteiger partial charge in [-0.3, -0.25) is 14.7 Å². The Labute approximate surface area is 158 Å². The van der Waals surface area contributed by atoms with E-state index >= 15 is 0 Å². The molecular weight excluding hydrogens is 364 g/mol. The predicted octanol–water partition coefficient (Wildman–Crippen LogP) is 0.992. The van der Waals surface area contributed by atoms with E-state index in [1.54, 1.807) is 15.9 Å². The van der Waals surface area contributed by atoms with E-state index in [0.717, 1.165) is 22.0 Å². The molecule has 2 aromatic heterocycles. The van der Waals surface area contributed by atoms with Crippen molar-refractivity contribution in [3.05, 3.63) is 62.7 Å². The summed E-state index contributed by atoms with van der Waals surface area (Å²) in [5.74, 6) is 1.10. The zero-order valence-corrected chi connectivity index (χ0v) is 15.1. The Balaban J connectivity index is 1.47. The van der Waals surface area contributed by atoms with Crippen LogP contribution in [-0.4, -0.2) is 39.2 Å². The van der Waals surface area contributed by atoms with E-state index in [-0.39, 0.29) is 18.1 Å². The van der Waals surface area contributed by atoms with Gasteiger partial charge in [0, 0.05) is 17.0 Å². The first-order valence-electron chi connectivity index (χ1n) is 8.63. The summed E-state index contributed by atoms with van der Waals surface area (Å²) in [4.78, 5) is 32.8. The van der Waals surface area contributed by atoms with E-state index in [9.17, 15) is 9.59 Å². The topological polar surface area (TPSA) is 84.5 Å². The number of aliphatic imine (C=N–C) groups is 1. The van der Waals surface area contributed by atoms with Crippen molar-refractivity contribution in [1.82, 2.24) is 19.7 Å². The minimum Gasteiger partial charge on any atom is -0.350 e. The summed E-state index contributed by atoms with van der Waals surface area (Å²) < 4.78 is 2.78. The Bertz CT molecular complexity index is 1110. The average Bonchev–Trinajstić information content (AvgIpc) is 3.41. The molecule has 2 aliphatic heterocycles. The molecule has 0 spiro atoms.